The minimum Gasteiger partial charge on any atom is -0.380 e. The molecule has 0 aromatic rings. The number of nitrogens with zero attached hydrogens (tertiary/aromatic N) is 1. The molecule has 2 saturated heterocycles. The molecule has 3 heteroatoms. The lowest BCUT2D eigenvalue weighted by Gasteiger charge is -2.42. The molecular weight excluding hydrogens is 178 g/mol. The quantitative estimate of drug-likeness (QED) is 0.624. The Balaban J connectivity index is 1.94. The van der Waals surface area contributed by atoms with Crippen LogP contribution < -0.4 is 0 Å². The first-order chi connectivity index (χ1) is 6.72. The van der Waals surface area contributed by atoms with Gasteiger partial charge in [0.25, 0.3) is 5.91 Å². The summed E-state index contributed by atoms with van der Waals surface area (Å²) < 4.78 is 0. The number of rotatable bonds is 0. The second-order valence-corrected chi connectivity index (χ2v) is 5.04. The van der Waals surface area contributed by atoms with E-state index in [1.54, 1.807) is 0 Å². The molecule has 3 rings (SSSR count). The van der Waals surface area contributed by atoms with E-state index in [1.807, 2.05) is 4.90 Å². The molecule has 3 fully saturated rings. The maximum absolute atomic E-state index is 12.1. The van der Waals surface area contributed by atoms with Gasteiger partial charge in [0.15, 0.2) is 0 Å². The van der Waals surface area contributed by atoms with Crippen LogP contribution in [0.25, 0.3) is 0 Å². The molecule has 2 heterocycles. The Bertz CT molecular complexity index is 278. The lowest BCUT2D eigenvalue weighted by atomic mass is 9.80. The first kappa shape index (κ1) is 8.72. The minimum atomic E-state index is -0.971. The number of hydrogen-bond acceptors (Lipinski definition) is 2. The molecular formula is C11H17NO2. The van der Waals surface area contributed by atoms with Crippen LogP contribution in [0, 0.1) is 5.92 Å². The fraction of sp³-hybridized carbons (Fsp3) is 0.909. The first-order valence-corrected chi connectivity index (χ1v) is 5.75. The molecule has 0 spiro atoms. The zero-order chi connectivity index (χ0) is 9.76. The molecule has 0 aromatic heterocycles. The van der Waals surface area contributed by atoms with Crippen molar-refractivity contribution in [2.75, 3.05) is 6.54 Å². The Hall–Kier alpha value is -0.570. The van der Waals surface area contributed by atoms with Gasteiger partial charge in [-0.05, 0) is 44.4 Å². The summed E-state index contributed by atoms with van der Waals surface area (Å²) in [7, 11) is 0. The lowest BCUT2D eigenvalue weighted by molar-refractivity contribution is -0.164. The van der Waals surface area contributed by atoms with Gasteiger partial charge in [0.1, 0.15) is 5.60 Å². The molecule has 2 aliphatic heterocycles. The standard InChI is InChI=1S/C11H17NO2/c13-10-11(14)5-1-3-8(11)7-9-4-2-6-12(9)10/h8-9,14H,1-7H2/t8?,9?,11-/m1/s1. The van der Waals surface area contributed by atoms with E-state index in [4.69, 9.17) is 0 Å². The van der Waals surface area contributed by atoms with E-state index in [9.17, 15) is 9.90 Å². The van der Waals surface area contributed by atoms with Gasteiger partial charge in [0, 0.05) is 12.6 Å². The van der Waals surface area contributed by atoms with E-state index in [2.05, 4.69) is 0 Å². The lowest BCUT2D eigenvalue weighted by Crippen LogP contribution is -2.58. The van der Waals surface area contributed by atoms with E-state index >= 15 is 0 Å². The highest BCUT2D eigenvalue weighted by Gasteiger charge is 2.55. The van der Waals surface area contributed by atoms with Crippen LogP contribution in [0.4, 0.5) is 0 Å². The third-order valence-electron chi connectivity index (χ3n) is 4.35. The highest BCUT2D eigenvalue weighted by atomic mass is 16.3. The highest BCUT2D eigenvalue weighted by molar-refractivity contribution is 5.87. The monoisotopic (exact) mass is 195 g/mol. The molecule has 78 valence electrons. The summed E-state index contributed by atoms with van der Waals surface area (Å²) >= 11 is 0. The molecule has 0 radical (unpaired) electrons. The van der Waals surface area contributed by atoms with Crippen LogP contribution in [-0.4, -0.2) is 34.1 Å². The van der Waals surface area contributed by atoms with E-state index < -0.39 is 5.60 Å². The van der Waals surface area contributed by atoms with Crippen molar-refractivity contribution >= 4 is 5.91 Å². The van der Waals surface area contributed by atoms with Crippen LogP contribution in [0.3, 0.4) is 0 Å². The summed E-state index contributed by atoms with van der Waals surface area (Å²) in [6.07, 6.45) is 6.08. The van der Waals surface area contributed by atoms with Crippen molar-refractivity contribution in [1.82, 2.24) is 4.90 Å². The van der Waals surface area contributed by atoms with Gasteiger partial charge in [-0.1, -0.05) is 0 Å². The molecule has 3 atom stereocenters. The number of hydrogen-bond donors (Lipinski definition) is 1. The summed E-state index contributed by atoms with van der Waals surface area (Å²) in [4.78, 5) is 14.0. The van der Waals surface area contributed by atoms with Gasteiger partial charge in [0.2, 0.25) is 0 Å². The predicted molar refractivity (Wildman–Crippen MR) is 51.6 cm³/mol. The van der Waals surface area contributed by atoms with E-state index in [0.29, 0.717) is 12.5 Å². The van der Waals surface area contributed by atoms with Crippen molar-refractivity contribution in [3.63, 3.8) is 0 Å². The molecule has 2 unspecified atom stereocenters. The van der Waals surface area contributed by atoms with Crippen molar-refractivity contribution < 1.29 is 9.90 Å². The smallest absolute Gasteiger partial charge is 0.255 e. The summed E-state index contributed by atoms with van der Waals surface area (Å²) in [5.74, 6) is 0.295. The fourth-order valence-corrected chi connectivity index (χ4v) is 3.58. The molecule has 1 saturated carbocycles. The van der Waals surface area contributed by atoms with Crippen molar-refractivity contribution in [2.24, 2.45) is 5.92 Å². The van der Waals surface area contributed by atoms with Gasteiger partial charge in [0.05, 0.1) is 0 Å². The molecule has 14 heavy (non-hydrogen) atoms. The predicted octanol–water partition coefficient (Wildman–Crippen LogP) is 0.912. The van der Waals surface area contributed by atoms with Gasteiger partial charge in [-0.3, -0.25) is 4.79 Å². The summed E-state index contributed by atoms with van der Waals surface area (Å²) in [6.45, 7) is 0.874. The second kappa shape index (κ2) is 2.72. The normalized spacial score (nSPS) is 46.6. The fourth-order valence-electron chi connectivity index (χ4n) is 3.58. The third kappa shape index (κ3) is 0.937. The number of carbonyl (C=O) groups is 1. The van der Waals surface area contributed by atoms with Crippen LogP contribution in [0.15, 0.2) is 0 Å². The summed E-state index contributed by atoms with van der Waals surface area (Å²) in [6, 6.07) is 0.450. The second-order valence-electron chi connectivity index (χ2n) is 5.04. The number of carbonyl (C=O) groups excluding carboxylic acids is 1. The molecule has 1 N–H and O–H groups in total. The van der Waals surface area contributed by atoms with Gasteiger partial charge < -0.3 is 10.0 Å². The van der Waals surface area contributed by atoms with Crippen LogP contribution >= 0.6 is 0 Å². The Labute approximate surface area is 84.1 Å². The van der Waals surface area contributed by atoms with E-state index in [-0.39, 0.29) is 11.8 Å². The van der Waals surface area contributed by atoms with Gasteiger partial charge >= 0.3 is 0 Å². The van der Waals surface area contributed by atoms with Crippen LogP contribution in [0.5, 0.6) is 0 Å². The summed E-state index contributed by atoms with van der Waals surface area (Å²) in [5, 5.41) is 10.3. The van der Waals surface area contributed by atoms with Crippen LogP contribution in [0.2, 0.25) is 0 Å². The third-order valence-corrected chi connectivity index (χ3v) is 4.35. The molecule has 1 aliphatic carbocycles. The maximum Gasteiger partial charge on any atom is 0.255 e. The molecule has 3 aliphatic rings. The maximum atomic E-state index is 12.1. The highest BCUT2D eigenvalue weighted by Crippen LogP contribution is 2.46. The van der Waals surface area contributed by atoms with Crippen molar-refractivity contribution in [1.29, 1.82) is 0 Å². The first-order valence-electron chi connectivity index (χ1n) is 5.75. The van der Waals surface area contributed by atoms with E-state index in [0.717, 1.165) is 38.6 Å². The average Bonchev–Trinajstić information content (AvgIpc) is 2.74. The molecule has 1 amide bonds. The zero-order valence-corrected chi connectivity index (χ0v) is 8.41. The molecule has 0 bridgehead atoms. The van der Waals surface area contributed by atoms with Crippen molar-refractivity contribution in [2.45, 2.75) is 50.2 Å². The van der Waals surface area contributed by atoms with Crippen molar-refractivity contribution in [3.05, 3.63) is 0 Å². The Morgan fingerprint density at radius 1 is 1.36 bits per heavy atom. The number of amides is 1. The Morgan fingerprint density at radius 2 is 2.21 bits per heavy atom. The summed E-state index contributed by atoms with van der Waals surface area (Å²) in [5.41, 5.74) is -0.971. The van der Waals surface area contributed by atoms with Gasteiger partial charge in [-0.25, -0.2) is 0 Å². The van der Waals surface area contributed by atoms with Gasteiger partial charge in [-0.15, -0.1) is 0 Å². The van der Waals surface area contributed by atoms with Crippen LogP contribution in [0.1, 0.15) is 38.5 Å². The largest absolute Gasteiger partial charge is 0.380 e. The topological polar surface area (TPSA) is 40.5 Å². The van der Waals surface area contributed by atoms with Crippen molar-refractivity contribution in [3.8, 4) is 0 Å². The Morgan fingerprint density at radius 3 is 3.07 bits per heavy atom. The number of fused-ring (bicyclic) bond motifs is 2. The number of piperidine rings is 1. The van der Waals surface area contributed by atoms with E-state index in [1.165, 1.54) is 0 Å². The Kier molecular flexibility index (Phi) is 1.69. The number of aliphatic hydroxyl groups is 1. The minimum absolute atomic E-state index is 0.0359. The van der Waals surface area contributed by atoms with Crippen LogP contribution in [-0.2, 0) is 4.79 Å². The van der Waals surface area contributed by atoms with Gasteiger partial charge in [-0.2, -0.15) is 0 Å². The molecule has 3 nitrogen and oxygen atoms in total. The SMILES string of the molecule is O=C1N2CCCC2CC2CCC[C@]12O. The molecule has 0 aromatic carbocycles. The average molecular weight is 195 g/mol. The zero-order valence-electron chi connectivity index (χ0n) is 8.41.